The van der Waals surface area contributed by atoms with Crippen LogP contribution in [0.1, 0.15) is 96.8 Å². The first kappa shape index (κ1) is 19.5. The van der Waals surface area contributed by atoms with Crippen molar-refractivity contribution in [1.29, 1.82) is 0 Å². The van der Waals surface area contributed by atoms with E-state index in [1.54, 1.807) is 0 Å². The molecule has 0 radical (unpaired) electrons. The van der Waals surface area contributed by atoms with E-state index in [9.17, 15) is 9.90 Å². The van der Waals surface area contributed by atoms with E-state index >= 15 is 0 Å². The van der Waals surface area contributed by atoms with Gasteiger partial charge in [0.05, 0.1) is 0 Å². The Hall–Kier alpha value is -0.570. The van der Waals surface area contributed by atoms with Gasteiger partial charge in [-0.15, -0.1) is 0 Å². The van der Waals surface area contributed by atoms with Crippen LogP contribution in [0.5, 0.6) is 0 Å². The van der Waals surface area contributed by atoms with E-state index in [0.717, 1.165) is 19.3 Å². The summed E-state index contributed by atoms with van der Waals surface area (Å²) in [4.78, 5) is 11.0. The minimum absolute atomic E-state index is 0.0287. The van der Waals surface area contributed by atoms with Crippen molar-refractivity contribution in [1.82, 2.24) is 0 Å². The lowest BCUT2D eigenvalue weighted by Gasteiger charge is -2.19. The molecule has 0 aromatic heterocycles. The molecule has 2 atom stereocenters. The van der Waals surface area contributed by atoms with E-state index in [2.05, 4.69) is 6.92 Å². The standard InChI is InChI=1S/C19H36O3/c1-2-3-4-5-6-7-8-9-10-11-12-17(15-16-13-14-16)18(20)19(21)22/h16-18,20H,2-15H2,1H3,(H,21,22). The van der Waals surface area contributed by atoms with E-state index in [4.69, 9.17) is 5.11 Å². The highest BCUT2D eigenvalue weighted by Crippen LogP contribution is 2.37. The largest absolute Gasteiger partial charge is 0.479 e. The van der Waals surface area contributed by atoms with E-state index in [0.29, 0.717) is 5.92 Å². The first-order chi connectivity index (χ1) is 10.6. The molecule has 0 heterocycles. The summed E-state index contributed by atoms with van der Waals surface area (Å²) in [5, 5.41) is 18.8. The summed E-state index contributed by atoms with van der Waals surface area (Å²) < 4.78 is 0. The monoisotopic (exact) mass is 312 g/mol. The molecule has 1 aliphatic carbocycles. The highest BCUT2D eigenvalue weighted by molar-refractivity contribution is 5.72. The van der Waals surface area contributed by atoms with Gasteiger partial charge in [-0.1, -0.05) is 84.0 Å². The molecule has 0 aliphatic heterocycles. The molecule has 0 aromatic carbocycles. The zero-order valence-corrected chi connectivity index (χ0v) is 14.4. The van der Waals surface area contributed by atoms with E-state index in [-0.39, 0.29) is 5.92 Å². The Kier molecular flexibility index (Phi) is 10.6. The van der Waals surface area contributed by atoms with Gasteiger partial charge in [0.25, 0.3) is 0 Å². The van der Waals surface area contributed by atoms with Crippen LogP contribution in [0, 0.1) is 11.8 Å². The van der Waals surface area contributed by atoms with Crippen molar-refractivity contribution >= 4 is 5.97 Å². The molecule has 1 saturated carbocycles. The van der Waals surface area contributed by atoms with Gasteiger partial charge >= 0.3 is 5.97 Å². The number of aliphatic hydroxyl groups excluding tert-OH is 1. The number of aliphatic hydroxyl groups is 1. The lowest BCUT2D eigenvalue weighted by molar-refractivity contribution is -0.150. The lowest BCUT2D eigenvalue weighted by Crippen LogP contribution is -2.29. The van der Waals surface area contributed by atoms with Gasteiger partial charge in [0.2, 0.25) is 0 Å². The summed E-state index contributed by atoms with van der Waals surface area (Å²) >= 11 is 0. The van der Waals surface area contributed by atoms with E-state index < -0.39 is 12.1 Å². The zero-order valence-electron chi connectivity index (χ0n) is 14.4. The molecular weight excluding hydrogens is 276 g/mol. The summed E-state index contributed by atoms with van der Waals surface area (Å²) in [6.07, 6.45) is 16.0. The molecule has 0 bridgehead atoms. The number of carbonyl (C=O) groups is 1. The minimum Gasteiger partial charge on any atom is -0.479 e. The van der Waals surface area contributed by atoms with Crippen LogP contribution in [-0.4, -0.2) is 22.3 Å². The quantitative estimate of drug-likeness (QED) is 0.411. The fourth-order valence-electron chi connectivity index (χ4n) is 3.28. The van der Waals surface area contributed by atoms with E-state index in [1.165, 1.54) is 70.6 Å². The summed E-state index contributed by atoms with van der Waals surface area (Å²) in [5.41, 5.74) is 0. The second kappa shape index (κ2) is 11.9. The van der Waals surface area contributed by atoms with Crippen molar-refractivity contribution in [2.45, 2.75) is 103 Å². The number of aliphatic carboxylic acids is 1. The summed E-state index contributed by atoms with van der Waals surface area (Å²) in [6, 6.07) is 0. The van der Waals surface area contributed by atoms with Gasteiger partial charge in [0.15, 0.2) is 6.10 Å². The Bertz CT molecular complexity index is 286. The Labute approximate surface area is 136 Å². The maximum absolute atomic E-state index is 11.0. The molecule has 0 amide bonds. The molecule has 2 unspecified atom stereocenters. The molecule has 0 spiro atoms. The van der Waals surface area contributed by atoms with Gasteiger partial charge in [-0.2, -0.15) is 0 Å². The molecule has 130 valence electrons. The van der Waals surface area contributed by atoms with Crippen molar-refractivity contribution in [2.75, 3.05) is 0 Å². The molecule has 0 aromatic rings. The third-order valence-electron chi connectivity index (χ3n) is 4.96. The van der Waals surface area contributed by atoms with Gasteiger partial charge in [-0.05, 0) is 24.7 Å². The normalized spacial score (nSPS) is 17.4. The average molecular weight is 312 g/mol. The highest BCUT2D eigenvalue weighted by Gasteiger charge is 2.31. The van der Waals surface area contributed by atoms with Crippen LogP contribution in [0.25, 0.3) is 0 Å². The number of hydrogen-bond acceptors (Lipinski definition) is 2. The maximum Gasteiger partial charge on any atom is 0.332 e. The predicted molar refractivity (Wildman–Crippen MR) is 90.9 cm³/mol. The highest BCUT2D eigenvalue weighted by atomic mass is 16.4. The van der Waals surface area contributed by atoms with Crippen molar-refractivity contribution in [2.24, 2.45) is 11.8 Å². The topological polar surface area (TPSA) is 57.5 Å². The minimum atomic E-state index is -1.15. The van der Waals surface area contributed by atoms with Crippen molar-refractivity contribution in [3.05, 3.63) is 0 Å². The molecular formula is C19H36O3. The molecule has 3 heteroatoms. The molecule has 0 saturated heterocycles. The van der Waals surface area contributed by atoms with E-state index in [1.807, 2.05) is 0 Å². The van der Waals surface area contributed by atoms with Gasteiger partial charge in [-0.3, -0.25) is 0 Å². The Morgan fingerprint density at radius 2 is 1.45 bits per heavy atom. The molecule has 1 fully saturated rings. The van der Waals surface area contributed by atoms with Crippen molar-refractivity contribution < 1.29 is 15.0 Å². The SMILES string of the molecule is CCCCCCCCCCCCC(CC1CC1)C(O)C(=O)O. The third-order valence-corrected chi connectivity index (χ3v) is 4.96. The van der Waals surface area contributed by atoms with Crippen LogP contribution in [0.4, 0.5) is 0 Å². The Morgan fingerprint density at radius 3 is 1.91 bits per heavy atom. The Balaban J connectivity index is 1.99. The number of carboxylic acid groups (broad SMARTS) is 1. The predicted octanol–water partition coefficient (Wildman–Crippen LogP) is 5.16. The number of unbranched alkanes of at least 4 members (excludes halogenated alkanes) is 9. The summed E-state index contributed by atoms with van der Waals surface area (Å²) in [7, 11) is 0. The third kappa shape index (κ3) is 9.45. The fraction of sp³-hybridized carbons (Fsp3) is 0.947. The number of hydrogen-bond donors (Lipinski definition) is 2. The van der Waals surface area contributed by atoms with Crippen LogP contribution in [0.15, 0.2) is 0 Å². The molecule has 3 nitrogen and oxygen atoms in total. The molecule has 2 N–H and O–H groups in total. The summed E-state index contributed by atoms with van der Waals surface area (Å²) in [5.74, 6) is -0.390. The van der Waals surface area contributed by atoms with Gasteiger partial charge in [0, 0.05) is 0 Å². The Morgan fingerprint density at radius 1 is 0.955 bits per heavy atom. The van der Waals surface area contributed by atoms with Gasteiger partial charge < -0.3 is 10.2 Å². The molecule has 1 aliphatic rings. The van der Waals surface area contributed by atoms with Gasteiger partial charge in [-0.25, -0.2) is 4.79 Å². The fourth-order valence-corrected chi connectivity index (χ4v) is 3.28. The zero-order chi connectivity index (χ0) is 16.2. The summed E-state index contributed by atoms with van der Waals surface area (Å²) in [6.45, 7) is 2.25. The average Bonchev–Trinajstić information content (AvgIpc) is 3.31. The molecule has 22 heavy (non-hydrogen) atoms. The van der Waals surface area contributed by atoms with Gasteiger partial charge in [0.1, 0.15) is 0 Å². The number of rotatable bonds is 15. The van der Waals surface area contributed by atoms with Crippen LogP contribution < -0.4 is 0 Å². The first-order valence-corrected chi connectivity index (χ1v) is 9.56. The van der Waals surface area contributed by atoms with Crippen LogP contribution >= 0.6 is 0 Å². The van der Waals surface area contributed by atoms with Crippen molar-refractivity contribution in [3.63, 3.8) is 0 Å². The second-order valence-corrected chi connectivity index (χ2v) is 7.19. The molecule has 1 rings (SSSR count). The van der Waals surface area contributed by atoms with Crippen LogP contribution in [-0.2, 0) is 4.79 Å². The van der Waals surface area contributed by atoms with Crippen LogP contribution in [0.2, 0.25) is 0 Å². The van der Waals surface area contributed by atoms with Crippen molar-refractivity contribution in [3.8, 4) is 0 Å². The lowest BCUT2D eigenvalue weighted by atomic mass is 9.90. The number of carboxylic acids is 1. The van der Waals surface area contributed by atoms with Crippen LogP contribution in [0.3, 0.4) is 0 Å². The second-order valence-electron chi connectivity index (χ2n) is 7.19. The first-order valence-electron chi connectivity index (χ1n) is 9.56. The smallest absolute Gasteiger partial charge is 0.332 e. The maximum atomic E-state index is 11.0.